The third-order valence-corrected chi connectivity index (χ3v) is 5.48. The summed E-state index contributed by atoms with van der Waals surface area (Å²) in [4.78, 5) is 2.13. The van der Waals surface area contributed by atoms with Crippen LogP contribution in [0.1, 0.15) is 37.3 Å². The smallest absolute Gasteiger partial charge is 0.145 e. The number of hydrogen-bond donors (Lipinski definition) is 1. The zero-order chi connectivity index (χ0) is 17.9. The van der Waals surface area contributed by atoms with E-state index in [4.69, 9.17) is 16.3 Å². The van der Waals surface area contributed by atoms with Gasteiger partial charge in [0.05, 0.1) is 0 Å². The summed E-state index contributed by atoms with van der Waals surface area (Å²) in [6.07, 6.45) is 3.46. The maximum atomic E-state index is 11.3. The van der Waals surface area contributed by atoms with Gasteiger partial charge in [0.1, 0.15) is 18.1 Å². The van der Waals surface area contributed by atoms with Crippen LogP contribution in [0.4, 0.5) is 0 Å². The summed E-state index contributed by atoms with van der Waals surface area (Å²) in [7, 11) is 0. The summed E-state index contributed by atoms with van der Waals surface area (Å²) in [5.41, 5.74) is 0.771. The molecule has 2 aromatic carbocycles. The molecule has 25 heavy (non-hydrogen) atoms. The zero-order valence-electron chi connectivity index (χ0n) is 14.3. The molecular formula is C20H23BrClNO2. The van der Waals surface area contributed by atoms with Crippen molar-refractivity contribution in [3.8, 4) is 5.75 Å². The van der Waals surface area contributed by atoms with E-state index >= 15 is 0 Å². The van der Waals surface area contributed by atoms with Crippen molar-refractivity contribution >= 4 is 27.5 Å². The molecule has 1 unspecified atom stereocenters. The van der Waals surface area contributed by atoms with Crippen molar-refractivity contribution in [2.75, 3.05) is 13.1 Å². The number of benzene rings is 2. The van der Waals surface area contributed by atoms with Crippen LogP contribution in [0.5, 0.6) is 5.75 Å². The first-order valence-electron chi connectivity index (χ1n) is 8.61. The van der Waals surface area contributed by atoms with Gasteiger partial charge in [-0.2, -0.15) is 0 Å². The van der Waals surface area contributed by atoms with Gasteiger partial charge in [-0.3, -0.25) is 4.90 Å². The highest BCUT2D eigenvalue weighted by Crippen LogP contribution is 2.36. The van der Waals surface area contributed by atoms with E-state index in [-0.39, 0.29) is 0 Å². The highest BCUT2D eigenvalue weighted by Gasteiger charge is 2.34. The number of hydrogen-bond acceptors (Lipinski definition) is 3. The van der Waals surface area contributed by atoms with E-state index in [1.165, 1.54) is 6.42 Å². The molecule has 1 saturated heterocycles. The molecule has 0 aromatic heterocycles. The quantitative estimate of drug-likeness (QED) is 0.704. The van der Waals surface area contributed by atoms with Gasteiger partial charge in [-0.25, -0.2) is 0 Å². The van der Waals surface area contributed by atoms with Crippen LogP contribution < -0.4 is 4.74 Å². The summed E-state index contributed by atoms with van der Waals surface area (Å²) in [6, 6.07) is 13.4. The second-order valence-corrected chi connectivity index (χ2v) is 7.98. The third-order valence-electron chi connectivity index (χ3n) is 4.73. The number of rotatable bonds is 5. The van der Waals surface area contributed by atoms with Crippen molar-refractivity contribution in [2.45, 2.75) is 38.5 Å². The van der Waals surface area contributed by atoms with Gasteiger partial charge >= 0.3 is 0 Å². The van der Waals surface area contributed by atoms with Gasteiger partial charge in [0.2, 0.25) is 0 Å². The number of piperidine rings is 1. The summed E-state index contributed by atoms with van der Waals surface area (Å²) in [6.45, 7) is 4.09. The Morgan fingerprint density at radius 3 is 2.48 bits per heavy atom. The Morgan fingerprint density at radius 1 is 1.12 bits per heavy atom. The molecule has 0 bridgehead atoms. The fraction of sp³-hybridized carbons (Fsp3) is 0.400. The zero-order valence-corrected chi connectivity index (χ0v) is 16.7. The van der Waals surface area contributed by atoms with Crippen LogP contribution in [0.15, 0.2) is 46.9 Å². The van der Waals surface area contributed by atoms with E-state index in [1.807, 2.05) is 49.4 Å². The molecule has 0 saturated carbocycles. The predicted octanol–water partition coefficient (Wildman–Crippen LogP) is 5.33. The number of ether oxygens (including phenoxy) is 1. The Balaban J connectivity index is 1.83. The molecule has 1 N–H and O–H groups in total. The Labute approximate surface area is 162 Å². The van der Waals surface area contributed by atoms with E-state index in [1.54, 1.807) is 0 Å². The standard InChI is InChI=1S/C20H23BrClNO2/c1-20(24,23-11-3-2-4-12-23)18-13-16(21)7-10-19(18)25-14-15-5-8-17(22)9-6-15/h5-10,13,24H,2-4,11-12,14H2,1H3. The Hall–Kier alpha value is -1.07. The lowest BCUT2D eigenvalue weighted by Crippen LogP contribution is -2.46. The molecule has 1 fully saturated rings. The van der Waals surface area contributed by atoms with Gasteiger partial charge in [-0.1, -0.05) is 46.1 Å². The minimum atomic E-state index is -1.06. The highest BCUT2D eigenvalue weighted by atomic mass is 79.9. The Kier molecular flexibility index (Phi) is 6.05. The van der Waals surface area contributed by atoms with Crippen LogP contribution in [0, 0.1) is 0 Å². The van der Waals surface area contributed by atoms with Gasteiger partial charge in [0, 0.05) is 28.1 Å². The van der Waals surface area contributed by atoms with Crippen molar-refractivity contribution < 1.29 is 9.84 Å². The fourth-order valence-electron chi connectivity index (χ4n) is 3.24. The van der Waals surface area contributed by atoms with E-state index in [2.05, 4.69) is 20.8 Å². The van der Waals surface area contributed by atoms with Crippen LogP contribution in [-0.4, -0.2) is 23.1 Å². The molecule has 3 nitrogen and oxygen atoms in total. The summed E-state index contributed by atoms with van der Waals surface area (Å²) < 4.78 is 6.97. The van der Waals surface area contributed by atoms with Gasteiger partial charge in [0.25, 0.3) is 0 Å². The maximum Gasteiger partial charge on any atom is 0.145 e. The van der Waals surface area contributed by atoms with Crippen LogP contribution in [0.3, 0.4) is 0 Å². The van der Waals surface area contributed by atoms with Gasteiger partial charge in [0.15, 0.2) is 0 Å². The predicted molar refractivity (Wildman–Crippen MR) is 105 cm³/mol. The Morgan fingerprint density at radius 2 is 1.80 bits per heavy atom. The largest absolute Gasteiger partial charge is 0.488 e. The normalized spacial score (nSPS) is 17.9. The lowest BCUT2D eigenvalue weighted by atomic mass is 9.98. The average molecular weight is 425 g/mol. The summed E-state index contributed by atoms with van der Waals surface area (Å²) >= 11 is 9.45. The SMILES string of the molecule is CC(O)(c1cc(Br)ccc1OCc1ccc(Cl)cc1)N1CCCCC1. The van der Waals surface area contributed by atoms with Gasteiger partial charge in [-0.05, 0) is 55.7 Å². The van der Waals surface area contributed by atoms with Crippen molar-refractivity contribution in [3.05, 3.63) is 63.1 Å². The molecule has 134 valence electrons. The number of halogens is 2. The summed E-state index contributed by atoms with van der Waals surface area (Å²) in [5, 5.41) is 12.0. The first-order chi connectivity index (χ1) is 12.0. The minimum Gasteiger partial charge on any atom is -0.488 e. The highest BCUT2D eigenvalue weighted by molar-refractivity contribution is 9.10. The molecular weight excluding hydrogens is 402 g/mol. The number of likely N-dealkylation sites (tertiary alicyclic amines) is 1. The van der Waals surface area contributed by atoms with Crippen LogP contribution in [-0.2, 0) is 12.3 Å². The molecule has 0 amide bonds. The van der Waals surface area contributed by atoms with E-state index in [0.29, 0.717) is 17.4 Å². The molecule has 5 heteroatoms. The lowest BCUT2D eigenvalue weighted by molar-refractivity contribution is -0.110. The van der Waals surface area contributed by atoms with Gasteiger partial charge in [-0.15, -0.1) is 0 Å². The Bertz CT molecular complexity index is 712. The molecule has 2 aromatic rings. The molecule has 0 radical (unpaired) electrons. The average Bonchev–Trinajstić information content (AvgIpc) is 2.62. The van der Waals surface area contributed by atoms with Crippen LogP contribution in [0.25, 0.3) is 0 Å². The van der Waals surface area contributed by atoms with Crippen LogP contribution >= 0.6 is 27.5 Å². The number of aliphatic hydroxyl groups is 1. The molecule has 1 atom stereocenters. The first kappa shape index (κ1) is 18.7. The van der Waals surface area contributed by atoms with Crippen molar-refractivity contribution in [2.24, 2.45) is 0 Å². The second kappa shape index (κ2) is 8.09. The molecule has 1 aliphatic rings. The lowest BCUT2D eigenvalue weighted by Gasteiger charge is -2.40. The molecule has 0 spiro atoms. The molecule has 3 rings (SSSR count). The van der Waals surface area contributed by atoms with Crippen molar-refractivity contribution in [1.82, 2.24) is 4.90 Å². The third kappa shape index (κ3) is 4.56. The maximum absolute atomic E-state index is 11.3. The number of nitrogens with zero attached hydrogens (tertiary/aromatic N) is 1. The van der Waals surface area contributed by atoms with E-state index < -0.39 is 5.72 Å². The monoisotopic (exact) mass is 423 g/mol. The minimum absolute atomic E-state index is 0.432. The topological polar surface area (TPSA) is 32.7 Å². The molecule has 1 aliphatic heterocycles. The molecule has 1 heterocycles. The van der Waals surface area contributed by atoms with Crippen LogP contribution in [0.2, 0.25) is 5.02 Å². The second-order valence-electron chi connectivity index (χ2n) is 6.62. The van der Waals surface area contributed by atoms with Crippen molar-refractivity contribution in [3.63, 3.8) is 0 Å². The van der Waals surface area contributed by atoms with Crippen molar-refractivity contribution in [1.29, 1.82) is 0 Å². The first-order valence-corrected chi connectivity index (χ1v) is 9.78. The molecule has 0 aliphatic carbocycles. The fourth-order valence-corrected chi connectivity index (χ4v) is 3.73. The van der Waals surface area contributed by atoms with E-state index in [0.717, 1.165) is 41.5 Å². The van der Waals surface area contributed by atoms with E-state index in [9.17, 15) is 5.11 Å². The van der Waals surface area contributed by atoms with Gasteiger partial charge < -0.3 is 9.84 Å². The summed E-state index contributed by atoms with van der Waals surface area (Å²) in [5.74, 6) is 0.703.